The molecule has 2 N–H and O–H groups in total. The number of hydrogen-bond acceptors (Lipinski definition) is 7. The lowest BCUT2D eigenvalue weighted by atomic mass is 10.1. The molecule has 7 nitrogen and oxygen atoms in total. The molecule has 0 radical (unpaired) electrons. The van der Waals surface area contributed by atoms with E-state index in [-0.39, 0.29) is 12.1 Å². The Morgan fingerprint density at radius 1 is 1.41 bits per heavy atom. The van der Waals surface area contributed by atoms with Gasteiger partial charge in [-0.1, -0.05) is 0 Å². The van der Waals surface area contributed by atoms with Crippen molar-refractivity contribution in [2.45, 2.75) is 25.5 Å². The van der Waals surface area contributed by atoms with E-state index in [2.05, 4.69) is 25.5 Å². The summed E-state index contributed by atoms with van der Waals surface area (Å²) in [7, 11) is 5.93. The summed E-state index contributed by atoms with van der Waals surface area (Å²) in [5.74, 6) is 1.45. The zero-order valence-electron chi connectivity index (χ0n) is 13.9. The van der Waals surface area contributed by atoms with E-state index in [1.54, 1.807) is 0 Å². The van der Waals surface area contributed by atoms with Gasteiger partial charge in [0, 0.05) is 32.0 Å². The Labute approximate surface area is 132 Å². The van der Waals surface area contributed by atoms with Gasteiger partial charge in [-0.05, 0) is 27.4 Å². The predicted octanol–water partition coefficient (Wildman–Crippen LogP) is 0.974. The molecule has 124 valence electrons. The highest BCUT2D eigenvalue weighted by molar-refractivity contribution is 5.42. The van der Waals surface area contributed by atoms with Gasteiger partial charge in [-0.3, -0.25) is 0 Å². The molecule has 22 heavy (non-hydrogen) atoms. The van der Waals surface area contributed by atoms with Crippen molar-refractivity contribution in [1.82, 2.24) is 14.9 Å². The van der Waals surface area contributed by atoms with Gasteiger partial charge in [-0.15, -0.1) is 0 Å². The van der Waals surface area contributed by atoms with E-state index in [0.29, 0.717) is 19.2 Å². The standard InChI is InChI=1S/C15H27N5O2/c1-11-9-14(16-2)19-15(17-11)18-12-5-7-21-10-13(12)22-8-6-20(3)4/h9,12-13H,5-8,10H2,1-4H3,(H2,16,17,18,19)/t12-,13-/m1/s1. The Morgan fingerprint density at radius 2 is 2.23 bits per heavy atom. The third-order valence-electron chi connectivity index (χ3n) is 3.60. The molecule has 7 heteroatoms. The summed E-state index contributed by atoms with van der Waals surface area (Å²) >= 11 is 0. The number of nitrogens with one attached hydrogen (secondary N) is 2. The summed E-state index contributed by atoms with van der Waals surface area (Å²) in [5.41, 5.74) is 0.930. The number of likely N-dealkylation sites (N-methyl/N-ethyl adjacent to an activating group) is 1. The van der Waals surface area contributed by atoms with Crippen LogP contribution in [0.25, 0.3) is 0 Å². The molecule has 1 saturated heterocycles. The second-order valence-electron chi connectivity index (χ2n) is 5.80. The molecule has 2 atom stereocenters. The van der Waals surface area contributed by atoms with Crippen LogP contribution in [0.4, 0.5) is 11.8 Å². The number of rotatable bonds is 7. The number of hydrogen-bond donors (Lipinski definition) is 2. The Hall–Kier alpha value is -1.44. The SMILES string of the molecule is CNc1cc(C)nc(N[C@@H]2CCOC[C@H]2OCCN(C)C)n1. The molecule has 0 spiro atoms. The van der Waals surface area contributed by atoms with Crippen LogP contribution in [0, 0.1) is 6.92 Å². The predicted molar refractivity (Wildman–Crippen MR) is 87.5 cm³/mol. The van der Waals surface area contributed by atoms with Gasteiger partial charge in [-0.2, -0.15) is 4.98 Å². The van der Waals surface area contributed by atoms with Crippen LogP contribution in [-0.2, 0) is 9.47 Å². The van der Waals surface area contributed by atoms with Gasteiger partial charge in [0.2, 0.25) is 5.95 Å². The van der Waals surface area contributed by atoms with E-state index in [4.69, 9.17) is 9.47 Å². The van der Waals surface area contributed by atoms with Crippen molar-refractivity contribution < 1.29 is 9.47 Å². The van der Waals surface area contributed by atoms with Crippen molar-refractivity contribution in [2.24, 2.45) is 0 Å². The zero-order valence-corrected chi connectivity index (χ0v) is 13.9. The highest BCUT2D eigenvalue weighted by Gasteiger charge is 2.27. The highest BCUT2D eigenvalue weighted by atomic mass is 16.5. The zero-order chi connectivity index (χ0) is 15.9. The summed E-state index contributed by atoms with van der Waals surface area (Å²) < 4.78 is 11.5. The van der Waals surface area contributed by atoms with Crippen LogP contribution in [0.1, 0.15) is 12.1 Å². The van der Waals surface area contributed by atoms with E-state index in [1.807, 2.05) is 34.1 Å². The van der Waals surface area contributed by atoms with Crippen molar-refractivity contribution in [3.05, 3.63) is 11.8 Å². The van der Waals surface area contributed by atoms with Crippen LogP contribution >= 0.6 is 0 Å². The number of aromatic nitrogens is 2. The topological polar surface area (TPSA) is 71.5 Å². The molecule has 0 aliphatic carbocycles. The first-order chi connectivity index (χ1) is 10.6. The van der Waals surface area contributed by atoms with Gasteiger partial charge in [0.25, 0.3) is 0 Å². The molecule has 0 aromatic carbocycles. The quantitative estimate of drug-likeness (QED) is 0.778. The number of aryl methyl sites for hydroxylation is 1. The summed E-state index contributed by atoms with van der Waals surface area (Å²) in [6.45, 7) is 4.89. The lowest BCUT2D eigenvalue weighted by Gasteiger charge is -2.32. The first kappa shape index (κ1) is 16.9. The van der Waals surface area contributed by atoms with Gasteiger partial charge in [-0.25, -0.2) is 4.98 Å². The minimum absolute atomic E-state index is 0.0239. The van der Waals surface area contributed by atoms with Crippen molar-refractivity contribution in [1.29, 1.82) is 0 Å². The second-order valence-corrected chi connectivity index (χ2v) is 5.80. The molecule has 0 saturated carbocycles. The average Bonchev–Trinajstić information content (AvgIpc) is 2.48. The lowest BCUT2D eigenvalue weighted by Crippen LogP contribution is -2.44. The summed E-state index contributed by atoms with van der Waals surface area (Å²) in [5, 5.41) is 6.45. The molecule has 1 aromatic rings. The molecule has 0 bridgehead atoms. The van der Waals surface area contributed by atoms with E-state index < -0.39 is 0 Å². The molecule has 2 heterocycles. The van der Waals surface area contributed by atoms with Crippen LogP contribution in [0.15, 0.2) is 6.07 Å². The van der Waals surface area contributed by atoms with Crippen LogP contribution < -0.4 is 10.6 Å². The Bertz CT molecular complexity index is 469. The van der Waals surface area contributed by atoms with Crippen molar-refractivity contribution >= 4 is 11.8 Å². The monoisotopic (exact) mass is 309 g/mol. The molecule has 1 aliphatic heterocycles. The molecule has 1 fully saturated rings. The number of nitrogens with zero attached hydrogens (tertiary/aromatic N) is 3. The van der Waals surface area contributed by atoms with Crippen LogP contribution in [0.3, 0.4) is 0 Å². The average molecular weight is 309 g/mol. The normalized spacial score (nSPS) is 21.9. The van der Waals surface area contributed by atoms with E-state index >= 15 is 0 Å². The van der Waals surface area contributed by atoms with Crippen LogP contribution in [-0.4, -0.2) is 74.5 Å². The van der Waals surface area contributed by atoms with Gasteiger partial charge >= 0.3 is 0 Å². The Kier molecular flexibility index (Phi) is 6.35. The fourth-order valence-corrected chi connectivity index (χ4v) is 2.35. The van der Waals surface area contributed by atoms with Crippen molar-refractivity contribution in [3.63, 3.8) is 0 Å². The van der Waals surface area contributed by atoms with Gasteiger partial charge in [0.1, 0.15) is 11.9 Å². The third kappa shape index (κ3) is 5.08. The minimum atomic E-state index is 0.0239. The van der Waals surface area contributed by atoms with Crippen LogP contribution in [0.2, 0.25) is 0 Å². The number of anilines is 2. The summed E-state index contributed by atoms with van der Waals surface area (Å²) in [6, 6.07) is 2.09. The smallest absolute Gasteiger partial charge is 0.225 e. The van der Waals surface area contributed by atoms with Crippen LogP contribution in [0.5, 0.6) is 0 Å². The summed E-state index contributed by atoms with van der Waals surface area (Å²) in [6.07, 6.45) is 0.912. The molecule has 0 unspecified atom stereocenters. The van der Waals surface area contributed by atoms with Gasteiger partial charge in [0.15, 0.2) is 0 Å². The maximum Gasteiger partial charge on any atom is 0.225 e. The first-order valence-corrected chi connectivity index (χ1v) is 7.72. The lowest BCUT2D eigenvalue weighted by molar-refractivity contribution is -0.0592. The molecular weight excluding hydrogens is 282 g/mol. The molecule has 1 aliphatic rings. The van der Waals surface area contributed by atoms with Crippen molar-refractivity contribution in [3.8, 4) is 0 Å². The van der Waals surface area contributed by atoms with Gasteiger partial charge in [0.05, 0.1) is 19.3 Å². The second kappa shape index (κ2) is 8.26. The largest absolute Gasteiger partial charge is 0.379 e. The minimum Gasteiger partial charge on any atom is -0.379 e. The fourth-order valence-electron chi connectivity index (χ4n) is 2.35. The van der Waals surface area contributed by atoms with E-state index in [0.717, 1.165) is 31.1 Å². The highest BCUT2D eigenvalue weighted by Crippen LogP contribution is 2.17. The Balaban J connectivity index is 1.97. The van der Waals surface area contributed by atoms with E-state index in [1.165, 1.54) is 0 Å². The molecule has 1 aromatic heterocycles. The first-order valence-electron chi connectivity index (χ1n) is 7.72. The maximum atomic E-state index is 5.97. The fraction of sp³-hybridized carbons (Fsp3) is 0.733. The molecular formula is C15H27N5O2. The molecule has 0 amide bonds. The van der Waals surface area contributed by atoms with Gasteiger partial charge < -0.3 is 25.0 Å². The maximum absolute atomic E-state index is 5.97. The third-order valence-corrected chi connectivity index (χ3v) is 3.60. The van der Waals surface area contributed by atoms with E-state index in [9.17, 15) is 0 Å². The number of ether oxygens (including phenoxy) is 2. The van der Waals surface area contributed by atoms with Crippen molar-refractivity contribution in [2.75, 3.05) is 58.1 Å². The summed E-state index contributed by atoms with van der Waals surface area (Å²) in [4.78, 5) is 11.0. The molecule has 2 rings (SSSR count). The Morgan fingerprint density at radius 3 is 2.95 bits per heavy atom.